The van der Waals surface area contributed by atoms with Gasteiger partial charge in [0.05, 0.1) is 6.61 Å². The largest absolute Gasteiger partial charge is 0.465 e. The molecule has 0 fully saturated rings. The van der Waals surface area contributed by atoms with Crippen LogP contribution in [-0.2, 0) is 16.0 Å². The third-order valence-corrected chi connectivity index (χ3v) is 2.78. The number of hydrogen-bond acceptors (Lipinski definition) is 3. The highest BCUT2D eigenvalue weighted by Crippen LogP contribution is 2.17. The first kappa shape index (κ1) is 15.6. The molecule has 0 spiro atoms. The number of ether oxygens (including phenoxy) is 1. The number of rotatable bonds is 6. The summed E-state index contributed by atoms with van der Waals surface area (Å²) in [5.74, 6) is -0.610. The van der Waals surface area contributed by atoms with E-state index in [2.05, 4.69) is 5.32 Å². The van der Waals surface area contributed by atoms with Gasteiger partial charge in [-0.3, -0.25) is 10.1 Å². The van der Waals surface area contributed by atoms with Crippen molar-refractivity contribution in [2.24, 2.45) is 0 Å². The molecule has 0 amide bonds. The van der Waals surface area contributed by atoms with Crippen LogP contribution in [0.1, 0.15) is 33.3 Å². The number of carbonyl (C=O) groups excluding carboxylic acids is 1. The first-order chi connectivity index (χ1) is 8.87. The highest BCUT2D eigenvalue weighted by atomic mass is 19.1. The van der Waals surface area contributed by atoms with Gasteiger partial charge in [0.1, 0.15) is 11.4 Å². The van der Waals surface area contributed by atoms with E-state index in [1.165, 1.54) is 12.1 Å². The van der Waals surface area contributed by atoms with Crippen LogP contribution < -0.4 is 5.32 Å². The lowest BCUT2D eigenvalue weighted by Crippen LogP contribution is -2.54. The average Bonchev–Trinajstić information content (AvgIpc) is 2.27. The highest BCUT2D eigenvalue weighted by Gasteiger charge is 2.35. The second kappa shape index (κ2) is 6.66. The zero-order valence-corrected chi connectivity index (χ0v) is 12.0. The molecule has 4 heteroatoms. The Labute approximate surface area is 114 Å². The van der Waals surface area contributed by atoms with Crippen LogP contribution in [-0.4, -0.2) is 24.2 Å². The van der Waals surface area contributed by atoms with Crippen LogP contribution in [0.25, 0.3) is 0 Å². The Morgan fingerprint density at radius 2 is 2.16 bits per heavy atom. The van der Waals surface area contributed by atoms with Gasteiger partial charge in [0.2, 0.25) is 0 Å². The summed E-state index contributed by atoms with van der Waals surface area (Å²) in [6, 6.07) is 6.41. The first-order valence-corrected chi connectivity index (χ1v) is 6.56. The van der Waals surface area contributed by atoms with Crippen LogP contribution >= 0.6 is 0 Å². The Bertz CT molecular complexity index is 434. The van der Waals surface area contributed by atoms with Crippen molar-refractivity contribution in [3.8, 4) is 0 Å². The lowest BCUT2D eigenvalue weighted by Gasteiger charge is -2.30. The summed E-state index contributed by atoms with van der Waals surface area (Å²) < 4.78 is 18.3. The Morgan fingerprint density at radius 1 is 1.47 bits per heavy atom. The summed E-state index contributed by atoms with van der Waals surface area (Å²) in [4.78, 5) is 12.1. The van der Waals surface area contributed by atoms with E-state index in [9.17, 15) is 9.18 Å². The second-order valence-corrected chi connectivity index (χ2v) is 5.16. The molecule has 1 aromatic rings. The predicted molar refractivity (Wildman–Crippen MR) is 73.4 cm³/mol. The lowest BCUT2D eigenvalue weighted by molar-refractivity contribution is -0.150. The van der Waals surface area contributed by atoms with E-state index < -0.39 is 5.54 Å². The molecule has 0 radical (unpaired) electrons. The second-order valence-electron chi connectivity index (χ2n) is 5.16. The van der Waals surface area contributed by atoms with Gasteiger partial charge in [0.25, 0.3) is 0 Å². The number of halogens is 1. The van der Waals surface area contributed by atoms with Crippen molar-refractivity contribution in [1.29, 1.82) is 0 Å². The van der Waals surface area contributed by atoms with E-state index in [4.69, 9.17) is 4.74 Å². The van der Waals surface area contributed by atoms with Gasteiger partial charge in [-0.1, -0.05) is 12.1 Å². The molecule has 0 aliphatic carbocycles. The number of esters is 1. The van der Waals surface area contributed by atoms with E-state index in [1.807, 2.05) is 19.9 Å². The van der Waals surface area contributed by atoms with E-state index in [0.717, 1.165) is 5.56 Å². The molecular formula is C15H22FNO2. The van der Waals surface area contributed by atoms with Crippen LogP contribution in [0.4, 0.5) is 4.39 Å². The van der Waals surface area contributed by atoms with Crippen molar-refractivity contribution in [3.63, 3.8) is 0 Å². The number of carbonyl (C=O) groups is 1. The zero-order valence-electron chi connectivity index (χ0n) is 12.0. The minimum atomic E-state index is -0.849. The molecule has 0 aliphatic heterocycles. The third-order valence-electron chi connectivity index (χ3n) is 2.78. The van der Waals surface area contributed by atoms with Gasteiger partial charge in [0.15, 0.2) is 0 Å². The van der Waals surface area contributed by atoms with Crippen LogP contribution in [0.5, 0.6) is 0 Å². The van der Waals surface area contributed by atoms with E-state index in [1.54, 1.807) is 19.9 Å². The van der Waals surface area contributed by atoms with Crippen molar-refractivity contribution < 1.29 is 13.9 Å². The Morgan fingerprint density at radius 3 is 2.68 bits per heavy atom. The van der Waals surface area contributed by atoms with E-state index in [0.29, 0.717) is 13.0 Å². The normalized spacial score (nSPS) is 14.2. The molecule has 0 saturated carbocycles. The van der Waals surface area contributed by atoms with Gasteiger partial charge in [-0.05, 0) is 45.4 Å². The summed E-state index contributed by atoms with van der Waals surface area (Å²) >= 11 is 0. The first-order valence-electron chi connectivity index (χ1n) is 6.56. The molecule has 1 atom stereocenters. The fourth-order valence-electron chi connectivity index (χ4n) is 2.16. The van der Waals surface area contributed by atoms with Gasteiger partial charge < -0.3 is 4.74 Å². The quantitative estimate of drug-likeness (QED) is 0.805. The fourth-order valence-corrected chi connectivity index (χ4v) is 2.16. The van der Waals surface area contributed by atoms with Crippen LogP contribution in [0.2, 0.25) is 0 Å². The maximum absolute atomic E-state index is 13.2. The van der Waals surface area contributed by atoms with Crippen molar-refractivity contribution in [3.05, 3.63) is 35.6 Å². The molecular weight excluding hydrogens is 245 g/mol. The maximum Gasteiger partial charge on any atom is 0.326 e. The fraction of sp³-hybridized carbons (Fsp3) is 0.533. The molecule has 106 valence electrons. The molecule has 0 saturated heterocycles. The monoisotopic (exact) mass is 267 g/mol. The standard InChI is InChI=1S/C15H22FNO2/c1-5-19-14(18)15(4,17-11(2)3)10-12-7-6-8-13(16)9-12/h6-9,11,17H,5,10H2,1-4H3. The smallest absolute Gasteiger partial charge is 0.326 e. The Balaban J connectivity index is 2.93. The van der Waals surface area contributed by atoms with Crippen molar-refractivity contribution in [2.75, 3.05) is 6.61 Å². The zero-order chi connectivity index (χ0) is 14.5. The number of hydrogen-bond donors (Lipinski definition) is 1. The van der Waals surface area contributed by atoms with E-state index in [-0.39, 0.29) is 17.8 Å². The lowest BCUT2D eigenvalue weighted by atomic mass is 9.92. The van der Waals surface area contributed by atoms with Crippen molar-refractivity contribution in [2.45, 2.75) is 45.7 Å². The van der Waals surface area contributed by atoms with Gasteiger partial charge in [-0.15, -0.1) is 0 Å². The van der Waals surface area contributed by atoms with Gasteiger partial charge in [0, 0.05) is 12.5 Å². The minimum absolute atomic E-state index is 0.128. The van der Waals surface area contributed by atoms with Gasteiger partial charge in [-0.25, -0.2) is 4.39 Å². The molecule has 0 heterocycles. The highest BCUT2D eigenvalue weighted by molar-refractivity contribution is 5.80. The van der Waals surface area contributed by atoms with Gasteiger partial charge >= 0.3 is 5.97 Å². The maximum atomic E-state index is 13.2. The third kappa shape index (κ3) is 4.63. The van der Waals surface area contributed by atoms with Crippen LogP contribution in [0.3, 0.4) is 0 Å². The number of benzene rings is 1. The van der Waals surface area contributed by atoms with Crippen LogP contribution in [0, 0.1) is 5.82 Å². The van der Waals surface area contributed by atoms with Crippen LogP contribution in [0.15, 0.2) is 24.3 Å². The summed E-state index contributed by atoms with van der Waals surface area (Å²) in [7, 11) is 0. The Hall–Kier alpha value is -1.42. The molecule has 1 unspecified atom stereocenters. The van der Waals surface area contributed by atoms with E-state index >= 15 is 0 Å². The molecule has 1 rings (SSSR count). The summed E-state index contributed by atoms with van der Waals surface area (Å²) in [5.41, 5.74) is -0.0819. The summed E-state index contributed by atoms with van der Waals surface area (Å²) in [6.45, 7) is 7.81. The molecule has 1 N–H and O–H groups in total. The molecule has 3 nitrogen and oxygen atoms in total. The topological polar surface area (TPSA) is 38.3 Å². The minimum Gasteiger partial charge on any atom is -0.465 e. The van der Waals surface area contributed by atoms with Gasteiger partial charge in [-0.2, -0.15) is 0 Å². The van der Waals surface area contributed by atoms with Crippen molar-refractivity contribution >= 4 is 5.97 Å². The number of nitrogens with one attached hydrogen (secondary N) is 1. The SMILES string of the molecule is CCOC(=O)C(C)(Cc1cccc(F)c1)NC(C)C. The summed E-state index contributed by atoms with van der Waals surface area (Å²) in [5, 5.41) is 3.21. The molecule has 0 aromatic heterocycles. The molecule has 0 bridgehead atoms. The van der Waals surface area contributed by atoms with Crippen molar-refractivity contribution in [1.82, 2.24) is 5.32 Å². The summed E-state index contributed by atoms with van der Waals surface area (Å²) in [6.07, 6.45) is 0.391. The predicted octanol–water partition coefficient (Wildman–Crippen LogP) is 2.69. The average molecular weight is 267 g/mol. The molecule has 19 heavy (non-hydrogen) atoms. The Kier molecular flexibility index (Phi) is 5.48. The molecule has 0 aliphatic rings. The molecule has 1 aromatic carbocycles.